The first-order valence-corrected chi connectivity index (χ1v) is 12.1. The lowest BCUT2D eigenvalue weighted by Crippen LogP contribution is -2.42. The van der Waals surface area contributed by atoms with Gasteiger partial charge in [-0.05, 0) is 19.5 Å². The number of hydrogen-bond donors (Lipinski definition) is 3. The number of halogens is 1. The Hall–Kier alpha value is -0.0300. The molecule has 2 saturated heterocycles. The monoisotopic (exact) mass is 454 g/mol. The van der Waals surface area contributed by atoms with Crippen LogP contribution in [0.5, 0.6) is 0 Å². The Morgan fingerprint density at radius 2 is 1.40 bits per heavy atom. The molecule has 3 N–H and O–H groups in total. The molecular weight excluding hydrogens is 408 g/mol. The largest absolute Gasteiger partial charge is 0.395 e. The van der Waals surface area contributed by atoms with E-state index in [4.69, 9.17) is 31.3 Å². The number of hydrogen-bond acceptors (Lipinski definition) is 8. The number of alkyl halides is 1. The Bertz CT molecular complexity index is 323. The molecule has 30 heavy (non-hydrogen) atoms. The summed E-state index contributed by atoms with van der Waals surface area (Å²) in [6.07, 6.45) is 1.14. The van der Waals surface area contributed by atoms with Crippen molar-refractivity contribution in [3.63, 3.8) is 0 Å². The molecule has 2 heterocycles. The fraction of sp³-hybridized carbons (Fsp3) is 1.00. The molecule has 0 aromatic heterocycles. The van der Waals surface area contributed by atoms with Crippen LogP contribution in [0.15, 0.2) is 0 Å². The van der Waals surface area contributed by atoms with Crippen molar-refractivity contribution in [2.24, 2.45) is 0 Å². The van der Waals surface area contributed by atoms with E-state index in [2.05, 4.69) is 33.9 Å². The van der Waals surface area contributed by atoms with Crippen molar-refractivity contribution in [1.29, 1.82) is 0 Å². The topological polar surface area (TPSA) is 80.7 Å². The average molecular weight is 455 g/mol. The fourth-order valence-electron chi connectivity index (χ4n) is 3.00. The Balaban J connectivity index is 0.000000454. The zero-order valence-corrected chi connectivity index (χ0v) is 20.1. The Kier molecular flexibility index (Phi) is 23.6. The van der Waals surface area contributed by atoms with E-state index in [0.29, 0.717) is 0 Å². The number of nitrogens with zero attached hydrogens (tertiary/aromatic N) is 3. The summed E-state index contributed by atoms with van der Waals surface area (Å²) in [5.74, 6) is 0.736. The summed E-state index contributed by atoms with van der Waals surface area (Å²) in [6.45, 7) is 19.1. The second-order valence-electron chi connectivity index (χ2n) is 7.23. The quantitative estimate of drug-likeness (QED) is 0.284. The second-order valence-corrected chi connectivity index (χ2v) is 7.61. The van der Waals surface area contributed by atoms with E-state index in [0.717, 1.165) is 111 Å². The highest BCUT2D eigenvalue weighted by molar-refractivity contribution is 6.18. The van der Waals surface area contributed by atoms with Gasteiger partial charge in [0.15, 0.2) is 0 Å². The van der Waals surface area contributed by atoms with E-state index < -0.39 is 0 Å². The molecule has 0 aliphatic carbocycles. The van der Waals surface area contributed by atoms with Crippen molar-refractivity contribution in [2.45, 2.75) is 20.3 Å². The molecular formula is C21H47ClN4O4. The van der Waals surface area contributed by atoms with Crippen LogP contribution in [0.25, 0.3) is 0 Å². The van der Waals surface area contributed by atoms with E-state index in [9.17, 15) is 0 Å². The van der Waals surface area contributed by atoms with Crippen molar-refractivity contribution < 1.29 is 19.7 Å². The normalized spacial score (nSPS) is 17.8. The minimum Gasteiger partial charge on any atom is -0.395 e. The molecule has 9 heteroatoms. The first-order valence-electron chi connectivity index (χ1n) is 11.5. The van der Waals surface area contributed by atoms with E-state index in [1.165, 1.54) is 0 Å². The molecule has 2 fully saturated rings. The van der Waals surface area contributed by atoms with E-state index in [-0.39, 0.29) is 13.2 Å². The number of likely N-dealkylation sites (N-methyl/N-ethyl adjacent to an activating group) is 1. The molecule has 0 unspecified atom stereocenters. The summed E-state index contributed by atoms with van der Waals surface area (Å²) in [5.41, 5.74) is 0. The van der Waals surface area contributed by atoms with Gasteiger partial charge in [0.1, 0.15) is 0 Å². The predicted molar refractivity (Wildman–Crippen MR) is 125 cm³/mol. The second kappa shape index (κ2) is 23.6. The molecule has 0 bridgehead atoms. The molecule has 0 spiro atoms. The number of rotatable bonds is 12. The van der Waals surface area contributed by atoms with Crippen LogP contribution in [-0.4, -0.2) is 142 Å². The van der Waals surface area contributed by atoms with Crippen molar-refractivity contribution in [1.82, 2.24) is 20.0 Å². The summed E-state index contributed by atoms with van der Waals surface area (Å²) >= 11 is 5.55. The Morgan fingerprint density at radius 1 is 0.833 bits per heavy atom. The highest BCUT2D eigenvalue weighted by atomic mass is 35.5. The SMILES string of the molecule is CCCNCCO.CCN(CCO)CCN1CCOCC1.ClCCN1CCOCC1. The van der Waals surface area contributed by atoms with Gasteiger partial charge in [0.05, 0.1) is 39.6 Å². The standard InChI is InChI=1S/C10H22N2O2.C6H12ClNO.C5H13NO/c1-2-11(5-8-13)3-4-12-6-9-14-10-7-12;7-1-2-8-3-5-9-6-4-8;1-2-3-6-4-5-7/h13H,2-10H2,1H3;1-6H2;6-7H,2-5H2,1H3. The highest BCUT2D eigenvalue weighted by Gasteiger charge is 2.11. The summed E-state index contributed by atoms with van der Waals surface area (Å²) in [6, 6.07) is 0. The zero-order chi connectivity index (χ0) is 22.3. The van der Waals surface area contributed by atoms with Crippen LogP contribution in [0.1, 0.15) is 20.3 Å². The van der Waals surface area contributed by atoms with Crippen LogP contribution < -0.4 is 5.32 Å². The van der Waals surface area contributed by atoms with Crippen LogP contribution >= 0.6 is 11.6 Å². The van der Waals surface area contributed by atoms with Gasteiger partial charge in [-0.15, -0.1) is 11.6 Å². The van der Waals surface area contributed by atoms with Crippen molar-refractivity contribution >= 4 is 11.6 Å². The van der Waals surface area contributed by atoms with Gasteiger partial charge in [0.25, 0.3) is 0 Å². The summed E-state index contributed by atoms with van der Waals surface area (Å²) in [7, 11) is 0. The van der Waals surface area contributed by atoms with Crippen molar-refractivity contribution in [2.75, 3.05) is 118 Å². The molecule has 0 atom stereocenters. The van der Waals surface area contributed by atoms with Crippen molar-refractivity contribution in [3.05, 3.63) is 0 Å². The van der Waals surface area contributed by atoms with Gasteiger partial charge < -0.3 is 29.9 Å². The lowest BCUT2D eigenvalue weighted by atomic mass is 10.4. The van der Waals surface area contributed by atoms with Gasteiger partial charge in [-0.25, -0.2) is 0 Å². The maximum Gasteiger partial charge on any atom is 0.0594 e. The zero-order valence-electron chi connectivity index (χ0n) is 19.4. The number of morpholine rings is 2. The third-order valence-electron chi connectivity index (χ3n) is 4.92. The molecule has 0 radical (unpaired) electrons. The summed E-state index contributed by atoms with van der Waals surface area (Å²) in [4.78, 5) is 7.01. The maximum atomic E-state index is 8.83. The van der Waals surface area contributed by atoms with Crippen LogP contribution in [-0.2, 0) is 9.47 Å². The fourth-order valence-corrected chi connectivity index (χ4v) is 3.24. The molecule has 2 aliphatic heterocycles. The smallest absolute Gasteiger partial charge is 0.0594 e. The Labute approximate surface area is 189 Å². The van der Waals surface area contributed by atoms with Crippen LogP contribution in [0.4, 0.5) is 0 Å². The summed E-state index contributed by atoms with van der Waals surface area (Å²) in [5, 5.41) is 20.1. The lowest BCUT2D eigenvalue weighted by molar-refractivity contribution is 0.0328. The first-order chi connectivity index (χ1) is 14.7. The third-order valence-corrected chi connectivity index (χ3v) is 5.09. The molecule has 2 rings (SSSR count). The van der Waals surface area contributed by atoms with Gasteiger partial charge in [-0.2, -0.15) is 0 Å². The molecule has 0 amide bonds. The number of nitrogens with one attached hydrogen (secondary N) is 1. The number of aliphatic hydroxyl groups excluding tert-OH is 2. The predicted octanol–water partition coefficient (Wildman–Crippen LogP) is 0.169. The molecule has 182 valence electrons. The van der Waals surface area contributed by atoms with Gasteiger partial charge in [0, 0.05) is 64.8 Å². The molecule has 2 aliphatic rings. The van der Waals surface area contributed by atoms with E-state index in [1.54, 1.807) is 0 Å². The summed E-state index contributed by atoms with van der Waals surface area (Å²) < 4.78 is 10.4. The van der Waals surface area contributed by atoms with Crippen LogP contribution in [0.2, 0.25) is 0 Å². The first kappa shape index (κ1) is 30.0. The molecule has 0 aromatic carbocycles. The highest BCUT2D eigenvalue weighted by Crippen LogP contribution is 1.97. The number of ether oxygens (including phenoxy) is 2. The van der Waals surface area contributed by atoms with Crippen molar-refractivity contribution in [3.8, 4) is 0 Å². The minimum atomic E-state index is 0.250. The van der Waals surface area contributed by atoms with Crippen LogP contribution in [0, 0.1) is 0 Å². The van der Waals surface area contributed by atoms with Gasteiger partial charge >= 0.3 is 0 Å². The molecule has 0 aromatic rings. The maximum absolute atomic E-state index is 8.83. The van der Waals surface area contributed by atoms with E-state index >= 15 is 0 Å². The average Bonchev–Trinajstić information content (AvgIpc) is 2.79. The van der Waals surface area contributed by atoms with Gasteiger partial charge in [-0.1, -0.05) is 13.8 Å². The number of aliphatic hydroxyl groups is 2. The van der Waals surface area contributed by atoms with Crippen LogP contribution in [0.3, 0.4) is 0 Å². The lowest BCUT2D eigenvalue weighted by Gasteiger charge is -2.29. The third kappa shape index (κ3) is 18.7. The molecule has 0 saturated carbocycles. The van der Waals surface area contributed by atoms with Gasteiger partial charge in [0.2, 0.25) is 0 Å². The van der Waals surface area contributed by atoms with E-state index in [1.807, 2.05) is 0 Å². The Morgan fingerprint density at radius 3 is 1.83 bits per heavy atom. The molecule has 8 nitrogen and oxygen atoms in total. The van der Waals surface area contributed by atoms with Gasteiger partial charge in [-0.3, -0.25) is 9.80 Å². The minimum absolute atomic E-state index is 0.250.